The Morgan fingerprint density at radius 2 is 2.06 bits per heavy atom. The Balaban J connectivity index is 2.72. The van der Waals surface area contributed by atoms with E-state index in [9.17, 15) is 9.59 Å². The molecule has 18 heavy (non-hydrogen) atoms. The van der Waals surface area contributed by atoms with Crippen LogP contribution in [0.1, 0.15) is 49.7 Å². The molecule has 0 saturated heterocycles. The van der Waals surface area contributed by atoms with Crippen molar-refractivity contribution in [1.82, 2.24) is 5.32 Å². The number of furan rings is 1. The summed E-state index contributed by atoms with van der Waals surface area (Å²) in [5.41, 5.74) is -0.525. The quantitative estimate of drug-likeness (QED) is 0.843. The van der Waals surface area contributed by atoms with Crippen molar-refractivity contribution in [2.75, 3.05) is 6.54 Å². The summed E-state index contributed by atoms with van der Waals surface area (Å²) in [5.74, 6) is -0.533. The number of hydrogen-bond acceptors (Lipinski definition) is 3. The van der Waals surface area contributed by atoms with Gasteiger partial charge in [-0.25, -0.2) is 0 Å². The van der Waals surface area contributed by atoms with E-state index in [0.29, 0.717) is 11.3 Å². The van der Waals surface area contributed by atoms with Crippen LogP contribution in [-0.2, 0) is 4.79 Å². The van der Waals surface area contributed by atoms with Gasteiger partial charge in [0.1, 0.15) is 5.76 Å². The molecule has 0 fully saturated rings. The number of carbonyl (C=O) groups is 2. The topological polar surface area (TPSA) is 79.5 Å². The first kappa shape index (κ1) is 14.3. The van der Waals surface area contributed by atoms with Crippen molar-refractivity contribution >= 4 is 11.9 Å². The van der Waals surface area contributed by atoms with Gasteiger partial charge in [-0.15, -0.1) is 0 Å². The van der Waals surface area contributed by atoms with Gasteiger partial charge in [0.2, 0.25) is 0 Å². The number of amides is 1. The monoisotopic (exact) mass is 253 g/mol. The molecule has 0 aliphatic rings. The summed E-state index contributed by atoms with van der Waals surface area (Å²) in [5, 5.41) is 11.6. The van der Waals surface area contributed by atoms with Crippen molar-refractivity contribution < 1.29 is 19.1 Å². The molecule has 5 heteroatoms. The lowest BCUT2D eigenvalue weighted by molar-refractivity contribution is -0.146. The van der Waals surface area contributed by atoms with E-state index in [1.807, 2.05) is 13.8 Å². The average Bonchev–Trinajstić information content (AvgIpc) is 2.74. The molecule has 5 nitrogen and oxygen atoms in total. The SMILES string of the molecule is CC(C)c1occc1C(=O)NCC(C)(C)C(=O)O. The number of carboxylic acids is 1. The number of hydrogen-bond donors (Lipinski definition) is 2. The van der Waals surface area contributed by atoms with Gasteiger partial charge in [0.15, 0.2) is 0 Å². The van der Waals surface area contributed by atoms with Gasteiger partial charge in [-0.2, -0.15) is 0 Å². The first-order valence-electron chi connectivity index (χ1n) is 5.84. The molecular weight excluding hydrogens is 234 g/mol. The number of aliphatic carboxylic acids is 1. The van der Waals surface area contributed by atoms with E-state index < -0.39 is 11.4 Å². The van der Waals surface area contributed by atoms with Gasteiger partial charge in [-0.1, -0.05) is 13.8 Å². The zero-order valence-corrected chi connectivity index (χ0v) is 11.1. The lowest BCUT2D eigenvalue weighted by Gasteiger charge is -2.19. The van der Waals surface area contributed by atoms with Gasteiger partial charge in [0.25, 0.3) is 5.91 Å². The maximum absolute atomic E-state index is 11.9. The van der Waals surface area contributed by atoms with Crippen molar-refractivity contribution in [3.8, 4) is 0 Å². The van der Waals surface area contributed by atoms with Crippen LogP contribution in [0.2, 0.25) is 0 Å². The van der Waals surface area contributed by atoms with Gasteiger partial charge in [-0.05, 0) is 19.9 Å². The second-order valence-corrected chi connectivity index (χ2v) is 5.22. The van der Waals surface area contributed by atoms with Gasteiger partial charge in [0.05, 0.1) is 17.2 Å². The van der Waals surface area contributed by atoms with Crippen LogP contribution >= 0.6 is 0 Å². The molecule has 1 amide bonds. The first-order valence-corrected chi connectivity index (χ1v) is 5.84. The molecule has 1 aromatic rings. The molecule has 0 aliphatic carbocycles. The van der Waals surface area contributed by atoms with E-state index in [2.05, 4.69) is 5.32 Å². The van der Waals surface area contributed by atoms with Crippen molar-refractivity contribution in [2.24, 2.45) is 5.41 Å². The standard InChI is InChI=1S/C13H19NO4/c1-8(2)10-9(5-6-18-10)11(15)14-7-13(3,4)12(16)17/h5-6,8H,7H2,1-4H3,(H,14,15)(H,16,17). The van der Waals surface area contributed by atoms with E-state index >= 15 is 0 Å². The minimum Gasteiger partial charge on any atom is -0.481 e. The van der Waals surface area contributed by atoms with E-state index in [-0.39, 0.29) is 18.4 Å². The lowest BCUT2D eigenvalue weighted by atomic mass is 9.94. The molecule has 0 aliphatic heterocycles. The smallest absolute Gasteiger partial charge is 0.310 e. The molecule has 0 radical (unpaired) electrons. The molecule has 0 bridgehead atoms. The minimum atomic E-state index is -0.989. The molecule has 2 N–H and O–H groups in total. The van der Waals surface area contributed by atoms with Crippen LogP contribution in [0.25, 0.3) is 0 Å². The molecule has 1 heterocycles. The minimum absolute atomic E-state index is 0.0733. The highest BCUT2D eigenvalue weighted by molar-refractivity contribution is 5.95. The predicted molar refractivity (Wildman–Crippen MR) is 66.5 cm³/mol. The summed E-state index contributed by atoms with van der Waals surface area (Å²) in [6, 6.07) is 1.60. The van der Waals surface area contributed by atoms with E-state index in [4.69, 9.17) is 9.52 Å². The Kier molecular flexibility index (Phi) is 4.16. The van der Waals surface area contributed by atoms with Gasteiger partial charge >= 0.3 is 5.97 Å². The summed E-state index contributed by atoms with van der Waals surface area (Å²) in [6.07, 6.45) is 1.46. The summed E-state index contributed by atoms with van der Waals surface area (Å²) >= 11 is 0. The highest BCUT2D eigenvalue weighted by atomic mass is 16.4. The fraction of sp³-hybridized carbons (Fsp3) is 0.538. The zero-order valence-electron chi connectivity index (χ0n) is 11.1. The molecule has 100 valence electrons. The highest BCUT2D eigenvalue weighted by Gasteiger charge is 2.28. The Morgan fingerprint density at radius 3 is 2.56 bits per heavy atom. The molecule has 1 rings (SSSR count). The number of carboxylic acid groups (broad SMARTS) is 1. The summed E-state index contributed by atoms with van der Waals surface area (Å²) < 4.78 is 5.25. The Hall–Kier alpha value is -1.78. The van der Waals surface area contributed by atoms with Crippen LogP contribution in [0.15, 0.2) is 16.7 Å². The second kappa shape index (κ2) is 5.25. The number of carbonyl (C=O) groups excluding carboxylic acids is 1. The number of rotatable bonds is 5. The molecule has 0 aromatic carbocycles. The molecule has 0 saturated carbocycles. The third-order valence-corrected chi connectivity index (χ3v) is 2.73. The summed E-state index contributed by atoms with van der Waals surface area (Å²) in [4.78, 5) is 22.9. The fourth-order valence-corrected chi connectivity index (χ4v) is 1.43. The maximum atomic E-state index is 11.9. The molecular formula is C13H19NO4. The van der Waals surface area contributed by atoms with Crippen molar-refractivity contribution in [2.45, 2.75) is 33.6 Å². The molecule has 1 aromatic heterocycles. The second-order valence-electron chi connectivity index (χ2n) is 5.22. The Labute approximate surface area is 106 Å². The largest absolute Gasteiger partial charge is 0.481 e. The van der Waals surface area contributed by atoms with E-state index in [0.717, 1.165) is 0 Å². The van der Waals surface area contributed by atoms with E-state index in [1.165, 1.54) is 6.26 Å². The zero-order chi connectivity index (χ0) is 13.9. The van der Waals surface area contributed by atoms with Crippen LogP contribution in [0.4, 0.5) is 0 Å². The molecule has 0 spiro atoms. The highest BCUT2D eigenvalue weighted by Crippen LogP contribution is 2.21. The van der Waals surface area contributed by atoms with Crippen LogP contribution in [0.5, 0.6) is 0 Å². The first-order chi connectivity index (χ1) is 8.25. The maximum Gasteiger partial charge on any atom is 0.310 e. The third-order valence-electron chi connectivity index (χ3n) is 2.73. The summed E-state index contributed by atoms with van der Waals surface area (Å²) in [6.45, 7) is 7.06. The Morgan fingerprint density at radius 1 is 1.44 bits per heavy atom. The van der Waals surface area contributed by atoms with Crippen molar-refractivity contribution in [3.05, 3.63) is 23.7 Å². The van der Waals surface area contributed by atoms with Gasteiger partial charge < -0.3 is 14.8 Å². The van der Waals surface area contributed by atoms with Gasteiger partial charge in [-0.3, -0.25) is 9.59 Å². The van der Waals surface area contributed by atoms with Crippen molar-refractivity contribution in [3.63, 3.8) is 0 Å². The number of nitrogens with one attached hydrogen (secondary N) is 1. The van der Waals surface area contributed by atoms with Crippen LogP contribution in [0.3, 0.4) is 0 Å². The lowest BCUT2D eigenvalue weighted by Crippen LogP contribution is -2.39. The van der Waals surface area contributed by atoms with Crippen molar-refractivity contribution in [1.29, 1.82) is 0 Å². The van der Waals surface area contributed by atoms with E-state index in [1.54, 1.807) is 19.9 Å². The summed E-state index contributed by atoms with van der Waals surface area (Å²) in [7, 11) is 0. The normalized spacial score (nSPS) is 11.6. The predicted octanol–water partition coefficient (Wildman–Crippen LogP) is 2.24. The van der Waals surface area contributed by atoms with Crippen LogP contribution < -0.4 is 5.32 Å². The van der Waals surface area contributed by atoms with Gasteiger partial charge in [0, 0.05) is 12.5 Å². The third kappa shape index (κ3) is 3.12. The average molecular weight is 253 g/mol. The fourth-order valence-electron chi connectivity index (χ4n) is 1.43. The molecule has 0 atom stereocenters. The Bertz CT molecular complexity index is 446. The molecule has 0 unspecified atom stereocenters. The van der Waals surface area contributed by atoms with Crippen LogP contribution in [-0.4, -0.2) is 23.5 Å². The van der Waals surface area contributed by atoms with Crippen LogP contribution in [0, 0.1) is 5.41 Å².